The zero-order valence-corrected chi connectivity index (χ0v) is 13.0. The van der Waals surface area contributed by atoms with E-state index in [0.29, 0.717) is 26.9 Å². The first-order valence-corrected chi connectivity index (χ1v) is 6.91. The van der Waals surface area contributed by atoms with Gasteiger partial charge in [-0.25, -0.2) is 0 Å². The number of methoxy groups -OCH3 is 1. The lowest BCUT2D eigenvalue weighted by atomic mass is 10.0. The third kappa shape index (κ3) is 3.11. The Morgan fingerprint density at radius 2 is 1.63 bits per heavy atom. The molecule has 19 heavy (non-hydrogen) atoms. The van der Waals surface area contributed by atoms with Gasteiger partial charge in [0.25, 0.3) is 0 Å². The minimum atomic E-state index is -0.217. The van der Waals surface area contributed by atoms with E-state index in [1.54, 1.807) is 43.5 Å². The molecule has 0 heterocycles. The van der Waals surface area contributed by atoms with Crippen LogP contribution in [-0.2, 0) is 0 Å². The van der Waals surface area contributed by atoms with Crippen molar-refractivity contribution in [1.29, 1.82) is 0 Å². The number of carbonyl (C=O) groups excluding carboxylic acids is 1. The van der Waals surface area contributed by atoms with E-state index in [0.717, 1.165) is 4.47 Å². The standard InChI is InChI=1S/C14H9BrCl2O2/c1-19-9-3-5-11(13(17)7-9)14(18)10-4-2-8(15)6-12(10)16/h2-7H,1H3. The average Bonchev–Trinajstić information content (AvgIpc) is 2.37. The number of halogens is 3. The summed E-state index contributed by atoms with van der Waals surface area (Å²) >= 11 is 15.4. The summed E-state index contributed by atoms with van der Waals surface area (Å²) in [6.45, 7) is 0. The lowest BCUT2D eigenvalue weighted by Gasteiger charge is -2.07. The Balaban J connectivity index is 2.44. The van der Waals surface area contributed by atoms with Crippen LogP contribution in [0.4, 0.5) is 0 Å². The zero-order chi connectivity index (χ0) is 14.0. The number of carbonyl (C=O) groups is 1. The molecule has 0 spiro atoms. The van der Waals surface area contributed by atoms with Crippen molar-refractivity contribution >= 4 is 44.9 Å². The van der Waals surface area contributed by atoms with Crippen LogP contribution in [0.3, 0.4) is 0 Å². The normalized spacial score (nSPS) is 10.3. The van der Waals surface area contributed by atoms with Gasteiger partial charge in [-0.15, -0.1) is 0 Å². The van der Waals surface area contributed by atoms with Crippen LogP contribution in [0.25, 0.3) is 0 Å². The van der Waals surface area contributed by atoms with Crippen LogP contribution >= 0.6 is 39.1 Å². The molecule has 2 aromatic rings. The molecule has 0 aliphatic rings. The molecule has 0 bridgehead atoms. The topological polar surface area (TPSA) is 26.3 Å². The highest BCUT2D eigenvalue weighted by Crippen LogP contribution is 2.28. The molecule has 0 unspecified atom stereocenters. The third-order valence-corrected chi connectivity index (χ3v) is 3.72. The van der Waals surface area contributed by atoms with E-state index in [1.807, 2.05) is 0 Å². The van der Waals surface area contributed by atoms with Gasteiger partial charge in [0.2, 0.25) is 0 Å². The molecule has 0 saturated carbocycles. The van der Waals surface area contributed by atoms with Crippen LogP contribution in [0.2, 0.25) is 10.0 Å². The number of rotatable bonds is 3. The van der Waals surface area contributed by atoms with Gasteiger partial charge in [0.15, 0.2) is 5.78 Å². The molecule has 98 valence electrons. The fourth-order valence-electron chi connectivity index (χ4n) is 1.63. The van der Waals surface area contributed by atoms with E-state index >= 15 is 0 Å². The zero-order valence-electron chi connectivity index (χ0n) is 9.91. The molecular formula is C14H9BrCl2O2. The van der Waals surface area contributed by atoms with Gasteiger partial charge >= 0.3 is 0 Å². The van der Waals surface area contributed by atoms with Crippen molar-refractivity contribution in [2.24, 2.45) is 0 Å². The van der Waals surface area contributed by atoms with Crippen molar-refractivity contribution in [3.8, 4) is 5.75 Å². The third-order valence-electron chi connectivity index (χ3n) is 2.60. The fourth-order valence-corrected chi connectivity index (χ4v) is 2.64. The summed E-state index contributed by atoms with van der Waals surface area (Å²) in [6, 6.07) is 10.0. The Morgan fingerprint density at radius 3 is 2.16 bits per heavy atom. The summed E-state index contributed by atoms with van der Waals surface area (Å²) in [5, 5.41) is 0.717. The molecule has 5 heteroatoms. The molecule has 0 aromatic heterocycles. The first kappa shape index (κ1) is 14.4. The lowest BCUT2D eigenvalue weighted by molar-refractivity contribution is 0.103. The van der Waals surface area contributed by atoms with Crippen LogP contribution in [-0.4, -0.2) is 12.9 Å². The summed E-state index contributed by atoms with van der Waals surface area (Å²) in [4.78, 5) is 12.4. The summed E-state index contributed by atoms with van der Waals surface area (Å²) in [6.07, 6.45) is 0. The van der Waals surface area contributed by atoms with Crippen LogP contribution in [0, 0.1) is 0 Å². The van der Waals surface area contributed by atoms with E-state index < -0.39 is 0 Å². The van der Waals surface area contributed by atoms with E-state index in [1.165, 1.54) is 0 Å². The highest BCUT2D eigenvalue weighted by molar-refractivity contribution is 9.10. The van der Waals surface area contributed by atoms with Gasteiger partial charge in [-0.2, -0.15) is 0 Å². The van der Waals surface area contributed by atoms with E-state index in [-0.39, 0.29) is 5.78 Å². The fraction of sp³-hybridized carbons (Fsp3) is 0.0714. The quantitative estimate of drug-likeness (QED) is 0.721. The van der Waals surface area contributed by atoms with Crippen molar-refractivity contribution in [2.75, 3.05) is 7.11 Å². The molecule has 0 saturated heterocycles. The van der Waals surface area contributed by atoms with Gasteiger partial charge in [-0.05, 0) is 36.4 Å². The smallest absolute Gasteiger partial charge is 0.196 e. The minimum absolute atomic E-state index is 0.217. The molecule has 0 aliphatic carbocycles. The van der Waals surface area contributed by atoms with Crippen molar-refractivity contribution in [3.63, 3.8) is 0 Å². The molecule has 2 rings (SSSR count). The number of ether oxygens (including phenoxy) is 1. The van der Waals surface area contributed by atoms with Gasteiger partial charge in [-0.3, -0.25) is 4.79 Å². The van der Waals surface area contributed by atoms with Gasteiger partial charge in [-0.1, -0.05) is 39.1 Å². The van der Waals surface area contributed by atoms with Crippen LogP contribution in [0.5, 0.6) is 5.75 Å². The predicted octanol–water partition coefficient (Wildman–Crippen LogP) is 5.00. The van der Waals surface area contributed by atoms with Gasteiger partial charge in [0.1, 0.15) is 5.75 Å². The summed E-state index contributed by atoms with van der Waals surface area (Å²) in [5.74, 6) is 0.383. The van der Waals surface area contributed by atoms with Crippen LogP contribution in [0.1, 0.15) is 15.9 Å². The molecule has 0 aliphatic heterocycles. The highest BCUT2D eigenvalue weighted by atomic mass is 79.9. The molecule has 2 nitrogen and oxygen atoms in total. The van der Waals surface area contributed by atoms with E-state index in [4.69, 9.17) is 27.9 Å². The average molecular weight is 360 g/mol. The van der Waals surface area contributed by atoms with Gasteiger partial charge < -0.3 is 4.74 Å². The molecule has 0 N–H and O–H groups in total. The molecule has 2 aromatic carbocycles. The first-order chi connectivity index (χ1) is 9.02. The largest absolute Gasteiger partial charge is 0.497 e. The van der Waals surface area contributed by atoms with Crippen molar-refractivity contribution in [1.82, 2.24) is 0 Å². The van der Waals surface area contributed by atoms with E-state index in [9.17, 15) is 4.79 Å². The van der Waals surface area contributed by atoms with Crippen LogP contribution < -0.4 is 4.74 Å². The maximum Gasteiger partial charge on any atom is 0.196 e. The first-order valence-electron chi connectivity index (χ1n) is 5.36. The second-order valence-electron chi connectivity index (χ2n) is 3.80. The van der Waals surface area contributed by atoms with Crippen molar-refractivity contribution in [3.05, 3.63) is 62.0 Å². The molecule has 0 amide bonds. The van der Waals surface area contributed by atoms with Gasteiger partial charge in [0.05, 0.1) is 17.2 Å². The molecule has 0 atom stereocenters. The Labute approximate surface area is 129 Å². The monoisotopic (exact) mass is 358 g/mol. The SMILES string of the molecule is COc1ccc(C(=O)c2ccc(Br)cc2Cl)c(Cl)c1. The summed E-state index contributed by atoms with van der Waals surface area (Å²) < 4.78 is 5.86. The molecule has 0 radical (unpaired) electrons. The summed E-state index contributed by atoms with van der Waals surface area (Å²) in [5.41, 5.74) is 0.809. The van der Waals surface area contributed by atoms with E-state index in [2.05, 4.69) is 15.9 Å². The number of benzene rings is 2. The van der Waals surface area contributed by atoms with Crippen molar-refractivity contribution < 1.29 is 9.53 Å². The summed E-state index contributed by atoms with van der Waals surface area (Å²) in [7, 11) is 1.54. The molecular weight excluding hydrogens is 351 g/mol. The second kappa shape index (κ2) is 5.95. The number of ketones is 1. The Kier molecular flexibility index (Phi) is 4.50. The van der Waals surface area contributed by atoms with Crippen LogP contribution in [0.15, 0.2) is 40.9 Å². The Hall–Kier alpha value is -1.03. The predicted molar refractivity (Wildman–Crippen MR) is 80.6 cm³/mol. The number of hydrogen-bond acceptors (Lipinski definition) is 2. The van der Waals surface area contributed by atoms with Gasteiger partial charge in [0, 0.05) is 15.6 Å². The minimum Gasteiger partial charge on any atom is -0.497 e. The highest BCUT2D eigenvalue weighted by Gasteiger charge is 2.16. The molecule has 0 fully saturated rings. The number of hydrogen-bond donors (Lipinski definition) is 0. The maximum absolute atomic E-state index is 12.4. The Bertz CT molecular complexity index is 641. The second-order valence-corrected chi connectivity index (χ2v) is 5.53. The van der Waals surface area contributed by atoms with Crippen molar-refractivity contribution in [2.45, 2.75) is 0 Å². The maximum atomic E-state index is 12.4. The Morgan fingerprint density at radius 1 is 1.05 bits per heavy atom. The lowest BCUT2D eigenvalue weighted by Crippen LogP contribution is -2.03.